The number of carbonyl (C=O) groups is 1. The molecule has 7 nitrogen and oxygen atoms in total. The molecule has 0 saturated carbocycles. The molecule has 32 heavy (non-hydrogen) atoms. The van der Waals surface area contributed by atoms with E-state index in [1.807, 2.05) is 55.5 Å². The van der Waals surface area contributed by atoms with Crippen molar-refractivity contribution >= 4 is 28.3 Å². The van der Waals surface area contributed by atoms with Gasteiger partial charge >= 0.3 is 0 Å². The molecule has 0 aliphatic rings. The molecule has 5 aromatic rings. The Morgan fingerprint density at radius 2 is 2.03 bits per heavy atom. The van der Waals surface area contributed by atoms with E-state index in [1.165, 1.54) is 4.52 Å². The smallest absolute Gasteiger partial charge is 0.259 e. The number of rotatable bonds is 4. The molecule has 0 spiro atoms. The number of nitrogen functional groups attached to an aromatic ring is 1. The van der Waals surface area contributed by atoms with Gasteiger partial charge in [0.1, 0.15) is 16.9 Å². The van der Waals surface area contributed by atoms with E-state index in [2.05, 4.69) is 21.3 Å². The number of aromatic nitrogens is 3. The number of carbonyl (C=O) groups excluding carboxylic acids is 1. The Morgan fingerprint density at radius 3 is 2.81 bits per heavy atom. The Balaban J connectivity index is 1.59. The van der Waals surface area contributed by atoms with E-state index < -0.39 is 6.04 Å². The highest BCUT2D eigenvalue weighted by Crippen LogP contribution is 2.38. The van der Waals surface area contributed by atoms with Crippen molar-refractivity contribution in [2.45, 2.75) is 13.0 Å². The van der Waals surface area contributed by atoms with Crippen LogP contribution in [0.2, 0.25) is 0 Å². The molecule has 5 rings (SSSR count). The van der Waals surface area contributed by atoms with Crippen molar-refractivity contribution < 1.29 is 9.21 Å². The first kappa shape index (κ1) is 19.4. The molecule has 0 aliphatic carbocycles. The van der Waals surface area contributed by atoms with Gasteiger partial charge in [0.05, 0.1) is 6.04 Å². The van der Waals surface area contributed by atoms with Crippen molar-refractivity contribution in [3.05, 3.63) is 83.9 Å². The van der Waals surface area contributed by atoms with Crippen LogP contribution in [0.3, 0.4) is 0 Å². The van der Waals surface area contributed by atoms with Crippen molar-refractivity contribution in [3.63, 3.8) is 0 Å². The molecule has 0 aliphatic heterocycles. The van der Waals surface area contributed by atoms with Gasteiger partial charge in [-0.05, 0) is 36.8 Å². The molecule has 3 N–H and O–H groups in total. The van der Waals surface area contributed by atoms with Crippen LogP contribution in [0.25, 0.3) is 27.7 Å². The van der Waals surface area contributed by atoms with E-state index >= 15 is 0 Å². The van der Waals surface area contributed by atoms with Crippen molar-refractivity contribution in [1.82, 2.24) is 19.9 Å². The average Bonchev–Trinajstić information content (AvgIpc) is 3.36. The van der Waals surface area contributed by atoms with Crippen molar-refractivity contribution in [2.75, 3.05) is 5.73 Å². The fourth-order valence-corrected chi connectivity index (χ4v) is 3.87. The van der Waals surface area contributed by atoms with Gasteiger partial charge in [-0.25, -0.2) is 9.50 Å². The van der Waals surface area contributed by atoms with Crippen LogP contribution in [-0.2, 0) is 0 Å². The first-order valence-corrected chi connectivity index (χ1v) is 10.0. The molecule has 3 aromatic heterocycles. The summed E-state index contributed by atoms with van der Waals surface area (Å²) >= 11 is 0. The lowest BCUT2D eigenvalue weighted by Gasteiger charge is -2.14. The van der Waals surface area contributed by atoms with Gasteiger partial charge in [0, 0.05) is 28.9 Å². The van der Waals surface area contributed by atoms with Crippen LogP contribution in [0.5, 0.6) is 0 Å². The van der Waals surface area contributed by atoms with Crippen LogP contribution in [-0.4, -0.2) is 20.5 Å². The minimum atomic E-state index is -0.461. The number of hydrogen-bond acceptors (Lipinski definition) is 5. The Labute approximate surface area is 183 Å². The summed E-state index contributed by atoms with van der Waals surface area (Å²) in [5.74, 6) is 3.02. The van der Waals surface area contributed by atoms with E-state index in [0.29, 0.717) is 17.0 Å². The third-order valence-corrected chi connectivity index (χ3v) is 5.33. The summed E-state index contributed by atoms with van der Waals surface area (Å²) in [7, 11) is 0. The number of hydrogen-bond donors (Lipinski definition) is 2. The maximum atomic E-state index is 13.1. The van der Waals surface area contributed by atoms with Gasteiger partial charge in [-0.1, -0.05) is 36.3 Å². The molecule has 7 heteroatoms. The zero-order chi connectivity index (χ0) is 22.2. The Morgan fingerprint density at radius 1 is 1.22 bits per heavy atom. The monoisotopic (exact) mass is 421 g/mol. The highest BCUT2D eigenvalue weighted by molar-refractivity contribution is 6.04. The third kappa shape index (κ3) is 3.15. The average molecular weight is 421 g/mol. The summed E-state index contributed by atoms with van der Waals surface area (Å²) in [5, 5.41) is 8.04. The molecule has 1 atom stereocenters. The number of anilines is 1. The molecule has 0 saturated heterocycles. The summed E-state index contributed by atoms with van der Waals surface area (Å²) in [6.07, 6.45) is 8.89. The SMILES string of the molecule is C#Cc1ccc2oc(C(C)NC(=O)c3c(N)nn4cccnc34)c(-c3ccccc3)c2c1. The fraction of sp³-hybridized carbons (Fsp3) is 0.0800. The minimum Gasteiger partial charge on any atom is -0.458 e. The summed E-state index contributed by atoms with van der Waals surface area (Å²) in [5.41, 5.74) is 9.92. The number of nitrogens with two attached hydrogens (primary N) is 1. The van der Waals surface area contributed by atoms with Crippen LogP contribution >= 0.6 is 0 Å². The quantitative estimate of drug-likeness (QED) is 0.424. The number of terminal acetylenes is 1. The van der Waals surface area contributed by atoms with Crippen molar-refractivity contribution in [3.8, 4) is 23.5 Å². The van der Waals surface area contributed by atoms with Gasteiger partial charge in [0.2, 0.25) is 0 Å². The van der Waals surface area contributed by atoms with Crippen LogP contribution in [0.15, 0.2) is 71.4 Å². The maximum Gasteiger partial charge on any atom is 0.259 e. The maximum absolute atomic E-state index is 13.1. The summed E-state index contributed by atoms with van der Waals surface area (Å²) in [6, 6.07) is 16.7. The van der Waals surface area contributed by atoms with Crippen molar-refractivity contribution in [2.24, 2.45) is 0 Å². The van der Waals surface area contributed by atoms with Gasteiger partial charge in [-0.2, -0.15) is 0 Å². The van der Waals surface area contributed by atoms with E-state index in [4.69, 9.17) is 16.6 Å². The van der Waals surface area contributed by atoms with E-state index in [9.17, 15) is 4.79 Å². The molecular weight excluding hydrogens is 402 g/mol. The second-order valence-electron chi connectivity index (χ2n) is 7.41. The van der Waals surface area contributed by atoms with Crippen molar-refractivity contribution in [1.29, 1.82) is 0 Å². The Kier molecular flexibility index (Phi) is 4.61. The number of amides is 1. The van der Waals surface area contributed by atoms with Gasteiger partial charge in [-0.15, -0.1) is 11.5 Å². The summed E-state index contributed by atoms with van der Waals surface area (Å²) < 4.78 is 7.68. The normalized spacial score (nSPS) is 12.0. The van der Waals surface area contributed by atoms with Crippen LogP contribution < -0.4 is 11.1 Å². The fourth-order valence-electron chi connectivity index (χ4n) is 3.87. The Bertz CT molecular complexity index is 1510. The van der Waals surface area contributed by atoms with E-state index in [1.54, 1.807) is 18.5 Å². The molecule has 1 unspecified atom stereocenters. The highest BCUT2D eigenvalue weighted by Gasteiger charge is 2.25. The predicted molar refractivity (Wildman–Crippen MR) is 123 cm³/mol. The summed E-state index contributed by atoms with van der Waals surface area (Å²) in [4.78, 5) is 17.4. The van der Waals surface area contributed by atoms with Crippen LogP contribution in [0, 0.1) is 12.3 Å². The van der Waals surface area contributed by atoms with Gasteiger partial charge in [-0.3, -0.25) is 4.79 Å². The van der Waals surface area contributed by atoms with Gasteiger partial charge in [0.25, 0.3) is 5.91 Å². The summed E-state index contributed by atoms with van der Waals surface area (Å²) in [6.45, 7) is 1.86. The first-order valence-electron chi connectivity index (χ1n) is 10.0. The molecule has 1 amide bonds. The lowest BCUT2D eigenvalue weighted by Crippen LogP contribution is -2.27. The number of benzene rings is 2. The lowest BCUT2D eigenvalue weighted by atomic mass is 9.98. The van der Waals surface area contributed by atoms with Crippen LogP contribution in [0.4, 0.5) is 5.82 Å². The second-order valence-corrected chi connectivity index (χ2v) is 7.41. The first-order chi connectivity index (χ1) is 15.6. The highest BCUT2D eigenvalue weighted by atomic mass is 16.3. The molecule has 156 valence electrons. The van der Waals surface area contributed by atoms with Gasteiger partial charge < -0.3 is 15.5 Å². The zero-order valence-corrected chi connectivity index (χ0v) is 17.2. The minimum absolute atomic E-state index is 0.111. The van der Waals surface area contributed by atoms with Crippen LogP contribution in [0.1, 0.15) is 34.6 Å². The topological polar surface area (TPSA) is 98.5 Å². The molecule has 0 fully saturated rings. The largest absolute Gasteiger partial charge is 0.458 e. The standard InChI is InChI=1S/C25H19N5O2/c1-3-16-10-11-19-18(14-16)20(17-8-5-4-6-9-17)22(32-19)15(2)28-25(31)21-23(26)29-30-13-7-12-27-24(21)30/h1,4-15H,2H3,(H2,26,29)(H,28,31). The molecule has 2 aromatic carbocycles. The molecular formula is C25H19N5O2. The Hall–Kier alpha value is -4.57. The predicted octanol–water partition coefficient (Wildman–Crippen LogP) is 4.20. The molecule has 0 radical (unpaired) electrons. The van der Waals surface area contributed by atoms with Gasteiger partial charge in [0.15, 0.2) is 11.5 Å². The third-order valence-electron chi connectivity index (χ3n) is 5.33. The number of nitrogens with zero attached hydrogens (tertiary/aromatic N) is 3. The number of furan rings is 1. The van der Waals surface area contributed by atoms with E-state index in [0.717, 1.165) is 22.1 Å². The second kappa shape index (κ2) is 7.60. The molecule has 3 heterocycles. The van der Waals surface area contributed by atoms with E-state index in [-0.39, 0.29) is 17.3 Å². The number of nitrogens with one attached hydrogen (secondary N) is 1. The zero-order valence-electron chi connectivity index (χ0n) is 17.2. The number of fused-ring (bicyclic) bond motifs is 2. The molecule has 0 bridgehead atoms. The lowest BCUT2D eigenvalue weighted by molar-refractivity contribution is 0.0938.